The van der Waals surface area contributed by atoms with Crippen molar-refractivity contribution in [3.63, 3.8) is 0 Å². The molecule has 0 atom stereocenters. The summed E-state index contributed by atoms with van der Waals surface area (Å²) in [5.41, 5.74) is 1.55. The van der Waals surface area contributed by atoms with Gasteiger partial charge in [-0.15, -0.1) is 11.3 Å². The molecule has 0 unspecified atom stereocenters. The molecule has 1 amide bonds. The Bertz CT molecular complexity index is 1290. The number of sulfonamides is 1. The van der Waals surface area contributed by atoms with Crippen molar-refractivity contribution >= 4 is 33.0 Å². The number of nitrogens with one attached hydrogen (secondary N) is 2. The van der Waals surface area contributed by atoms with E-state index in [0.29, 0.717) is 42.3 Å². The second kappa shape index (κ2) is 9.35. The summed E-state index contributed by atoms with van der Waals surface area (Å²) in [6.45, 7) is 2.87. The molecule has 0 radical (unpaired) electrons. The number of aromatic amines is 1. The lowest BCUT2D eigenvalue weighted by Crippen LogP contribution is -2.36. The van der Waals surface area contributed by atoms with Gasteiger partial charge in [-0.25, -0.2) is 13.4 Å². The van der Waals surface area contributed by atoms with Gasteiger partial charge in [0.15, 0.2) is 0 Å². The van der Waals surface area contributed by atoms with Gasteiger partial charge >= 0.3 is 0 Å². The molecule has 1 aromatic carbocycles. The van der Waals surface area contributed by atoms with E-state index < -0.39 is 15.9 Å². The van der Waals surface area contributed by atoms with Crippen LogP contribution in [0, 0.1) is 0 Å². The number of amides is 1. The van der Waals surface area contributed by atoms with Gasteiger partial charge in [0.25, 0.3) is 11.5 Å². The predicted molar refractivity (Wildman–Crippen MR) is 125 cm³/mol. The molecule has 10 heteroatoms. The molecule has 8 nitrogen and oxygen atoms in total. The van der Waals surface area contributed by atoms with Gasteiger partial charge < -0.3 is 10.3 Å². The fourth-order valence-corrected chi connectivity index (χ4v) is 6.48. The Morgan fingerprint density at radius 1 is 1.19 bits per heavy atom. The first-order valence-corrected chi connectivity index (χ1v) is 12.8. The Balaban J connectivity index is 1.59. The average Bonchev–Trinajstić information content (AvgIpc) is 3.30. The zero-order valence-electron chi connectivity index (χ0n) is 17.6. The Hall–Kier alpha value is -2.82. The minimum atomic E-state index is -3.72. The average molecular weight is 473 g/mol. The first-order chi connectivity index (χ1) is 15.4. The molecule has 1 aliphatic heterocycles. The SMILES string of the molecule is CCc1cc(=O)[nH]c(-c2cccc(NC(=O)c3sccc3S(=O)(=O)N3CCCCC3)c2)n1. The zero-order chi connectivity index (χ0) is 22.7. The molecule has 1 saturated heterocycles. The summed E-state index contributed by atoms with van der Waals surface area (Å²) >= 11 is 1.10. The van der Waals surface area contributed by atoms with Gasteiger partial charge in [-0.1, -0.05) is 25.5 Å². The number of benzene rings is 1. The second-order valence-corrected chi connectivity index (χ2v) is 10.4. The van der Waals surface area contributed by atoms with E-state index in [0.717, 1.165) is 30.6 Å². The van der Waals surface area contributed by atoms with Crippen LogP contribution in [0.1, 0.15) is 41.6 Å². The molecule has 0 spiro atoms. The molecule has 2 N–H and O–H groups in total. The van der Waals surface area contributed by atoms with Crippen molar-refractivity contribution in [1.82, 2.24) is 14.3 Å². The molecular weight excluding hydrogens is 448 g/mol. The molecule has 0 saturated carbocycles. The summed E-state index contributed by atoms with van der Waals surface area (Å²) in [7, 11) is -3.72. The molecular formula is C22H24N4O4S2. The Morgan fingerprint density at radius 3 is 2.72 bits per heavy atom. The van der Waals surface area contributed by atoms with Crippen LogP contribution in [0.25, 0.3) is 11.4 Å². The summed E-state index contributed by atoms with van der Waals surface area (Å²) in [5, 5.41) is 4.40. The van der Waals surface area contributed by atoms with Crippen molar-refractivity contribution in [3.05, 3.63) is 62.7 Å². The largest absolute Gasteiger partial charge is 0.321 e. The number of hydrogen-bond acceptors (Lipinski definition) is 6. The predicted octanol–water partition coefficient (Wildman–Crippen LogP) is 3.49. The lowest BCUT2D eigenvalue weighted by Gasteiger charge is -2.25. The van der Waals surface area contributed by atoms with Crippen LogP contribution in [-0.4, -0.2) is 41.7 Å². The number of thiophene rings is 1. The molecule has 2 aromatic heterocycles. The molecule has 1 aliphatic rings. The number of carbonyl (C=O) groups is 1. The van der Waals surface area contributed by atoms with E-state index >= 15 is 0 Å². The van der Waals surface area contributed by atoms with Crippen LogP contribution in [0.15, 0.2) is 51.5 Å². The summed E-state index contributed by atoms with van der Waals surface area (Å²) < 4.78 is 27.6. The zero-order valence-corrected chi connectivity index (χ0v) is 19.3. The van der Waals surface area contributed by atoms with E-state index in [4.69, 9.17) is 0 Å². The number of H-pyrrole nitrogens is 1. The van der Waals surface area contributed by atoms with Gasteiger partial charge in [0.05, 0.1) is 0 Å². The fraction of sp³-hybridized carbons (Fsp3) is 0.318. The van der Waals surface area contributed by atoms with Crippen molar-refractivity contribution < 1.29 is 13.2 Å². The minimum absolute atomic E-state index is 0.0414. The molecule has 1 fully saturated rings. The smallest absolute Gasteiger partial charge is 0.267 e. The number of nitrogens with zero attached hydrogens (tertiary/aromatic N) is 2. The number of rotatable bonds is 6. The van der Waals surface area contributed by atoms with E-state index in [-0.39, 0.29) is 15.3 Å². The van der Waals surface area contributed by atoms with Gasteiger partial charge in [-0.2, -0.15) is 4.31 Å². The highest BCUT2D eigenvalue weighted by Crippen LogP contribution is 2.28. The van der Waals surface area contributed by atoms with E-state index in [1.54, 1.807) is 29.6 Å². The van der Waals surface area contributed by atoms with E-state index in [9.17, 15) is 18.0 Å². The van der Waals surface area contributed by atoms with Gasteiger partial charge in [-0.05, 0) is 42.8 Å². The molecule has 32 heavy (non-hydrogen) atoms. The highest BCUT2D eigenvalue weighted by atomic mass is 32.2. The van der Waals surface area contributed by atoms with Gasteiger partial charge in [0, 0.05) is 36.1 Å². The van der Waals surface area contributed by atoms with Crippen LogP contribution in [0.2, 0.25) is 0 Å². The van der Waals surface area contributed by atoms with Gasteiger partial charge in [0.1, 0.15) is 15.6 Å². The van der Waals surface area contributed by atoms with Crippen LogP contribution < -0.4 is 10.9 Å². The van der Waals surface area contributed by atoms with Crippen LogP contribution >= 0.6 is 11.3 Å². The van der Waals surface area contributed by atoms with Crippen molar-refractivity contribution in [3.8, 4) is 11.4 Å². The molecule has 168 valence electrons. The van der Waals surface area contributed by atoms with Gasteiger partial charge in [-0.3, -0.25) is 9.59 Å². The molecule has 4 rings (SSSR count). The number of anilines is 1. The van der Waals surface area contributed by atoms with Crippen LogP contribution in [0.4, 0.5) is 5.69 Å². The molecule has 0 aliphatic carbocycles. The molecule has 3 aromatic rings. The Labute approximate surface area is 190 Å². The number of aromatic nitrogens is 2. The third kappa shape index (κ3) is 4.67. The fourth-order valence-electron chi connectivity index (χ4n) is 3.67. The van der Waals surface area contributed by atoms with Crippen LogP contribution in [0.5, 0.6) is 0 Å². The summed E-state index contributed by atoms with van der Waals surface area (Å²) in [6, 6.07) is 9.87. The first-order valence-electron chi connectivity index (χ1n) is 10.5. The lowest BCUT2D eigenvalue weighted by molar-refractivity contribution is 0.102. The third-order valence-electron chi connectivity index (χ3n) is 5.32. The maximum Gasteiger partial charge on any atom is 0.267 e. The molecule has 0 bridgehead atoms. The first kappa shape index (κ1) is 22.4. The number of hydrogen-bond donors (Lipinski definition) is 2. The van der Waals surface area contributed by atoms with Gasteiger partial charge in [0.2, 0.25) is 10.0 Å². The van der Waals surface area contributed by atoms with Crippen molar-refractivity contribution in [2.75, 3.05) is 18.4 Å². The van der Waals surface area contributed by atoms with Crippen molar-refractivity contribution in [2.45, 2.75) is 37.5 Å². The minimum Gasteiger partial charge on any atom is -0.321 e. The normalized spacial score (nSPS) is 14.9. The number of carbonyl (C=O) groups excluding carboxylic acids is 1. The van der Waals surface area contributed by atoms with E-state index in [2.05, 4.69) is 15.3 Å². The Kier molecular flexibility index (Phi) is 6.54. The van der Waals surface area contributed by atoms with E-state index in [1.165, 1.54) is 16.4 Å². The standard InChI is InChI=1S/C22H24N4O4S2/c1-2-16-14-19(27)25-21(23-16)15-7-6-8-17(13-15)24-22(28)20-18(9-12-31-20)32(29,30)26-10-4-3-5-11-26/h6-9,12-14H,2-5,10-11H2,1H3,(H,24,28)(H,23,25,27). The number of aryl methyl sites for hydroxylation is 1. The third-order valence-corrected chi connectivity index (χ3v) is 8.30. The monoisotopic (exact) mass is 472 g/mol. The van der Waals surface area contributed by atoms with Crippen molar-refractivity contribution in [1.29, 1.82) is 0 Å². The van der Waals surface area contributed by atoms with Crippen LogP contribution in [0.3, 0.4) is 0 Å². The summed E-state index contributed by atoms with van der Waals surface area (Å²) in [4.78, 5) is 32.2. The Morgan fingerprint density at radius 2 is 1.97 bits per heavy atom. The quantitative estimate of drug-likeness (QED) is 0.570. The van der Waals surface area contributed by atoms with E-state index in [1.807, 2.05) is 6.92 Å². The van der Waals surface area contributed by atoms with Crippen molar-refractivity contribution in [2.24, 2.45) is 0 Å². The number of piperidine rings is 1. The highest BCUT2D eigenvalue weighted by molar-refractivity contribution is 7.89. The maximum atomic E-state index is 13.1. The topological polar surface area (TPSA) is 112 Å². The maximum absolute atomic E-state index is 13.1. The molecule has 3 heterocycles. The summed E-state index contributed by atoms with van der Waals surface area (Å²) in [6.07, 6.45) is 3.29. The lowest BCUT2D eigenvalue weighted by atomic mass is 10.1. The second-order valence-electron chi connectivity index (χ2n) is 7.55. The van der Waals surface area contributed by atoms with Crippen LogP contribution in [-0.2, 0) is 16.4 Å². The highest BCUT2D eigenvalue weighted by Gasteiger charge is 2.31. The summed E-state index contributed by atoms with van der Waals surface area (Å²) in [5.74, 6) is -0.0774.